The van der Waals surface area contributed by atoms with Crippen LogP contribution >= 0.6 is 0 Å². The second-order valence-electron chi connectivity index (χ2n) is 6.95. The van der Waals surface area contributed by atoms with Crippen molar-refractivity contribution in [2.24, 2.45) is 11.8 Å². The summed E-state index contributed by atoms with van der Waals surface area (Å²) in [5, 5.41) is 8.68. The quantitative estimate of drug-likeness (QED) is 0.271. The first-order valence-corrected chi connectivity index (χ1v) is 9.66. The van der Waals surface area contributed by atoms with Crippen molar-refractivity contribution in [2.45, 2.75) is 90.1 Å². The lowest BCUT2D eigenvalue weighted by Crippen LogP contribution is -2.21. The molecule has 1 N–H and O–H groups in total. The molecule has 3 atom stereocenters. The van der Waals surface area contributed by atoms with Crippen molar-refractivity contribution in [3.05, 3.63) is 12.2 Å². The molecule has 138 valence electrons. The topological polar surface area (TPSA) is 63.6 Å². The zero-order chi connectivity index (χ0) is 17.6. The van der Waals surface area contributed by atoms with Gasteiger partial charge >= 0.3 is 5.97 Å². The van der Waals surface area contributed by atoms with Crippen molar-refractivity contribution in [2.75, 3.05) is 0 Å². The van der Waals surface area contributed by atoms with Gasteiger partial charge in [-0.2, -0.15) is 0 Å². The minimum atomic E-state index is -0.720. The molecule has 0 aromatic heterocycles. The first-order valence-electron chi connectivity index (χ1n) is 9.66. The molecule has 0 aliphatic heterocycles. The minimum Gasteiger partial charge on any atom is -0.481 e. The Kier molecular flexibility index (Phi) is 11.2. The first kappa shape index (κ1) is 20.7. The molecule has 0 amide bonds. The summed E-state index contributed by atoms with van der Waals surface area (Å²) in [6.45, 7) is 2.81. The largest absolute Gasteiger partial charge is 0.481 e. The summed E-state index contributed by atoms with van der Waals surface area (Å²) in [4.78, 5) is 21.3. The third-order valence-corrected chi connectivity index (χ3v) is 5.08. The number of allylic oxidation sites excluding steroid dienone is 2. The molecule has 1 saturated carbocycles. The number of rotatable bonds is 14. The third-order valence-electron chi connectivity index (χ3n) is 5.08. The lowest BCUT2D eigenvalue weighted by atomic mass is 9.88. The highest BCUT2D eigenvalue weighted by atomic mass is 16.5. The van der Waals surface area contributed by atoms with E-state index in [0.717, 1.165) is 44.9 Å². The van der Waals surface area contributed by atoms with Crippen molar-refractivity contribution < 1.29 is 19.4 Å². The number of aliphatic carboxylic acids is 1. The second-order valence-corrected chi connectivity index (χ2v) is 6.95. The van der Waals surface area contributed by atoms with Gasteiger partial charge in [-0.1, -0.05) is 51.2 Å². The van der Waals surface area contributed by atoms with E-state index in [0.29, 0.717) is 18.3 Å². The Morgan fingerprint density at radius 1 is 1.12 bits per heavy atom. The molecule has 4 nitrogen and oxygen atoms in total. The molecule has 24 heavy (non-hydrogen) atoms. The SMILES string of the molecule is CCCCCCC=C[C@H]1CC[C@@H](OC=O)[C@@H]1CCCCCC(=O)O. The Morgan fingerprint density at radius 3 is 2.62 bits per heavy atom. The highest BCUT2D eigenvalue weighted by Gasteiger charge is 2.35. The fourth-order valence-corrected chi connectivity index (χ4v) is 3.73. The van der Waals surface area contributed by atoms with E-state index in [2.05, 4.69) is 19.1 Å². The number of carbonyl (C=O) groups is 2. The first-order chi connectivity index (χ1) is 11.7. The summed E-state index contributed by atoms with van der Waals surface area (Å²) >= 11 is 0. The predicted molar refractivity (Wildman–Crippen MR) is 95.8 cm³/mol. The van der Waals surface area contributed by atoms with Gasteiger partial charge < -0.3 is 9.84 Å². The number of hydrogen-bond donors (Lipinski definition) is 1. The average Bonchev–Trinajstić information content (AvgIpc) is 2.93. The molecule has 0 aromatic rings. The van der Waals surface area contributed by atoms with Crippen LogP contribution in [0.25, 0.3) is 0 Å². The normalized spacial score (nSPS) is 23.6. The number of hydrogen-bond acceptors (Lipinski definition) is 3. The van der Waals surface area contributed by atoms with Gasteiger partial charge in [0.25, 0.3) is 6.47 Å². The molecule has 0 spiro atoms. The monoisotopic (exact) mass is 338 g/mol. The maximum absolute atomic E-state index is 10.7. The zero-order valence-electron chi connectivity index (χ0n) is 15.1. The number of carboxylic acids is 1. The number of carboxylic acid groups (broad SMARTS) is 1. The summed E-state index contributed by atoms with van der Waals surface area (Å²) in [6.07, 6.45) is 16.9. The number of carbonyl (C=O) groups excluding carboxylic acids is 1. The van der Waals surface area contributed by atoms with Gasteiger partial charge in [-0.05, 0) is 44.4 Å². The molecule has 4 heteroatoms. The lowest BCUT2D eigenvalue weighted by Gasteiger charge is -2.22. The Bertz CT molecular complexity index is 378. The molecule has 1 aliphatic rings. The minimum absolute atomic E-state index is 0.0386. The fraction of sp³-hybridized carbons (Fsp3) is 0.800. The molecule has 0 bridgehead atoms. The molecule has 0 saturated heterocycles. The van der Waals surface area contributed by atoms with E-state index in [1.165, 1.54) is 25.7 Å². The molecular formula is C20H34O4. The smallest absolute Gasteiger partial charge is 0.303 e. The summed E-state index contributed by atoms with van der Waals surface area (Å²) in [6, 6.07) is 0. The van der Waals surface area contributed by atoms with Crippen molar-refractivity contribution in [3.63, 3.8) is 0 Å². The van der Waals surface area contributed by atoms with E-state index in [4.69, 9.17) is 9.84 Å². The van der Waals surface area contributed by atoms with E-state index < -0.39 is 5.97 Å². The van der Waals surface area contributed by atoms with E-state index in [-0.39, 0.29) is 12.5 Å². The summed E-state index contributed by atoms with van der Waals surface area (Å²) in [7, 11) is 0. The third kappa shape index (κ3) is 8.51. The Morgan fingerprint density at radius 2 is 1.92 bits per heavy atom. The van der Waals surface area contributed by atoms with Crippen molar-refractivity contribution in [1.29, 1.82) is 0 Å². The van der Waals surface area contributed by atoms with Gasteiger partial charge in [0.05, 0.1) is 0 Å². The Balaban J connectivity index is 2.36. The van der Waals surface area contributed by atoms with Gasteiger partial charge in [0.2, 0.25) is 0 Å². The van der Waals surface area contributed by atoms with Gasteiger partial charge in [0, 0.05) is 12.3 Å². The molecule has 0 radical (unpaired) electrons. The Labute approximate surface area is 146 Å². The van der Waals surface area contributed by atoms with Crippen LogP contribution in [0.5, 0.6) is 0 Å². The van der Waals surface area contributed by atoms with Gasteiger partial charge in [0.15, 0.2) is 0 Å². The van der Waals surface area contributed by atoms with Crippen LogP contribution in [0.2, 0.25) is 0 Å². The van der Waals surface area contributed by atoms with E-state index in [9.17, 15) is 9.59 Å². The van der Waals surface area contributed by atoms with Crippen molar-refractivity contribution in [1.82, 2.24) is 0 Å². The standard InChI is InChI=1S/C20H34O4/c1-2-3-4-5-6-8-11-17-14-15-19(24-16-21)18(17)12-9-7-10-13-20(22)23/h8,11,16-19H,2-7,9-10,12-15H2,1H3,(H,22,23)/t17-,18+,19+/m0/s1. The molecular weight excluding hydrogens is 304 g/mol. The molecule has 0 unspecified atom stereocenters. The van der Waals surface area contributed by atoms with E-state index in [1.807, 2.05) is 0 Å². The van der Waals surface area contributed by atoms with Crippen LogP contribution in [-0.2, 0) is 14.3 Å². The van der Waals surface area contributed by atoms with Crippen molar-refractivity contribution >= 4 is 12.4 Å². The maximum Gasteiger partial charge on any atom is 0.303 e. The molecule has 0 aromatic carbocycles. The van der Waals surface area contributed by atoms with Gasteiger partial charge in [-0.15, -0.1) is 0 Å². The molecule has 1 rings (SSSR count). The van der Waals surface area contributed by atoms with Gasteiger partial charge in [0.1, 0.15) is 6.10 Å². The number of ether oxygens (including phenoxy) is 1. The number of unbranched alkanes of at least 4 members (excludes halogenated alkanes) is 6. The second kappa shape index (κ2) is 13.0. The summed E-state index contributed by atoms with van der Waals surface area (Å²) in [5.74, 6) is 0.175. The van der Waals surface area contributed by atoms with Crippen molar-refractivity contribution in [3.8, 4) is 0 Å². The van der Waals surface area contributed by atoms with Crippen LogP contribution in [0.3, 0.4) is 0 Å². The van der Waals surface area contributed by atoms with E-state index >= 15 is 0 Å². The Hall–Kier alpha value is -1.32. The van der Waals surface area contributed by atoms with Gasteiger partial charge in [-0.25, -0.2) is 0 Å². The van der Waals surface area contributed by atoms with Crippen LogP contribution in [-0.4, -0.2) is 23.7 Å². The van der Waals surface area contributed by atoms with Crippen LogP contribution in [0.15, 0.2) is 12.2 Å². The summed E-state index contributed by atoms with van der Waals surface area (Å²) in [5.41, 5.74) is 0. The van der Waals surface area contributed by atoms with Crippen LogP contribution < -0.4 is 0 Å². The van der Waals surface area contributed by atoms with Crippen LogP contribution in [0.4, 0.5) is 0 Å². The zero-order valence-corrected chi connectivity index (χ0v) is 15.1. The van der Waals surface area contributed by atoms with Crippen LogP contribution in [0, 0.1) is 11.8 Å². The summed E-state index contributed by atoms with van der Waals surface area (Å²) < 4.78 is 5.29. The predicted octanol–water partition coefficient (Wildman–Crippen LogP) is 5.12. The maximum atomic E-state index is 10.7. The average molecular weight is 338 g/mol. The molecule has 1 fully saturated rings. The van der Waals surface area contributed by atoms with E-state index in [1.54, 1.807) is 0 Å². The fourth-order valence-electron chi connectivity index (χ4n) is 3.73. The lowest BCUT2D eigenvalue weighted by molar-refractivity contribution is -0.137. The molecule has 0 heterocycles. The molecule has 1 aliphatic carbocycles. The van der Waals surface area contributed by atoms with Gasteiger partial charge in [-0.3, -0.25) is 9.59 Å². The highest BCUT2D eigenvalue weighted by molar-refractivity contribution is 5.66. The van der Waals surface area contributed by atoms with Crippen LogP contribution in [0.1, 0.15) is 84.0 Å². The highest BCUT2D eigenvalue weighted by Crippen LogP contribution is 2.38.